The summed E-state index contributed by atoms with van der Waals surface area (Å²) >= 11 is 0. The zero-order chi connectivity index (χ0) is 19.6. The molecule has 1 aliphatic heterocycles. The number of amides is 1. The summed E-state index contributed by atoms with van der Waals surface area (Å²) in [6.45, 7) is 6.21. The highest BCUT2D eigenvalue weighted by Gasteiger charge is 2.17. The first-order chi connectivity index (χ1) is 13.8. The van der Waals surface area contributed by atoms with Crippen LogP contribution >= 0.6 is 24.0 Å². The molecule has 0 atom stereocenters. The molecule has 1 fully saturated rings. The second-order valence-electron chi connectivity index (χ2n) is 6.92. The van der Waals surface area contributed by atoms with E-state index in [-0.39, 0.29) is 36.4 Å². The highest BCUT2D eigenvalue weighted by atomic mass is 127. The molecule has 158 valence electrons. The minimum atomic E-state index is 0. The number of likely N-dealkylation sites (tertiary alicyclic amines) is 1. The van der Waals surface area contributed by atoms with Gasteiger partial charge in [0, 0.05) is 51.5 Å². The fourth-order valence-electron chi connectivity index (χ4n) is 3.34. The number of carbonyl (C=O) groups is 1. The maximum Gasteiger partial charge on any atom is 0.244 e. The van der Waals surface area contributed by atoms with E-state index < -0.39 is 0 Å². The molecule has 29 heavy (non-hydrogen) atoms. The Labute approximate surface area is 190 Å². The van der Waals surface area contributed by atoms with Crippen LogP contribution in [0.2, 0.25) is 0 Å². The molecule has 2 N–H and O–H groups in total. The zero-order valence-corrected chi connectivity index (χ0v) is 19.3. The number of aromatic nitrogens is 2. The predicted molar refractivity (Wildman–Crippen MR) is 127 cm³/mol. The van der Waals surface area contributed by atoms with Crippen LogP contribution in [0.1, 0.15) is 31.2 Å². The Bertz CT molecular complexity index is 770. The SMILES string of the molecule is CCNC(=NCC(=O)N1CCCC1)NCCc1nccn1Cc1ccccc1.I. The fraction of sp³-hybridized carbons (Fsp3) is 0.476. The Kier molecular flexibility index (Phi) is 9.96. The van der Waals surface area contributed by atoms with Crippen molar-refractivity contribution in [3.05, 3.63) is 54.1 Å². The minimum absolute atomic E-state index is 0. The third-order valence-corrected chi connectivity index (χ3v) is 4.81. The second kappa shape index (κ2) is 12.5. The molecule has 8 heteroatoms. The molecule has 2 aromatic rings. The smallest absolute Gasteiger partial charge is 0.244 e. The molecule has 1 saturated heterocycles. The number of halogens is 1. The van der Waals surface area contributed by atoms with Gasteiger partial charge < -0.3 is 20.1 Å². The van der Waals surface area contributed by atoms with E-state index in [1.165, 1.54) is 5.56 Å². The third-order valence-electron chi connectivity index (χ3n) is 4.81. The molecule has 1 aliphatic rings. The molecule has 0 unspecified atom stereocenters. The van der Waals surface area contributed by atoms with Gasteiger partial charge >= 0.3 is 0 Å². The van der Waals surface area contributed by atoms with Crippen molar-refractivity contribution in [3.63, 3.8) is 0 Å². The molecule has 0 aliphatic carbocycles. The standard InChI is InChI=1S/C21H30N6O.HI/c1-2-22-21(25-16-20(28)26-13-6-7-14-26)24-11-10-19-23-12-15-27(19)17-18-8-4-3-5-9-18;/h3-5,8-9,12,15H,2,6-7,10-11,13-14,16-17H2,1H3,(H2,22,24,25);1H. The van der Waals surface area contributed by atoms with E-state index in [2.05, 4.69) is 49.4 Å². The molecule has 2 heterocycles. The lowest BCUT2D eigenvalue weighted by molar-refractivity contribution is -0.128. The average Bonchev–Trinajstić information content (AvgIpc) is 3.39. The van der Waals surface area contributed by atoms with Crippen LogP contribution in [0.25, 0.3) is 0 Å². The molecular formula is C21H31IN6O. The number of nitrogens with one attached hydrogen (secondary N) is 2. The lowest BCUT2D eigenvalue weighted by Gasteiger charge is -2.15. The molecular weight excluding hydrogens is 479 g/mol. The number of rotatable bonds is 8. The van der Waals surface area contributed by atoms with E-state index in [1.54, 1.807) is 0 Å². The number of aliphatic imine (C=N–C) groups is 1. The van der Waals surface area contributed by atoms with Crippen molar-refractivity contribution >= 4 is 35.8 Å². The van der Waals surface area contributed by atoms with Gasteiger partial charge in [-0.2, -0.15) is 0 Å². The van der Waals surface area contributed by atoms with Gasteiger partial charge in [-0.15, -0.1) is 24.0 Å². The molecule has 0 spiro atoms. The maximum absolute atomic E-state index is 12.2. The van der Waals surface area contributed by atoms with E-state index in [0.29, 0.717) is 12.5 Å². The van der Waals surface area contributed by atoms with Gasteiger partial charge in [0.2, 0.25) is 5.91 Å². The van der Waals surface area contributed by atoms with Crippen molar-refractivity contribution in [2.45, 2.75) is 32.7 Å². The van der Waals surface area contributed by atoms with E-state index >= 15 is 0 Å². The Morgan fingerprint density at radius 2 is 1.93 bits per heavy atom. The summed E-state index contributed by atoms with van der Waals surface area (Å²) in [5.41, 5.74) is 1.25. The van der Waals surface area contributed by atoms with Crippen molar-refractivity contribution in [3.8, 4) is 0 Å². The lowest BCUT2D eigenvalue weighted by atomic mass is 10.2. The van der Waals surface area contributed by atoms with Crippen LogP contribution < -0.4 is 10.6 Å². The molecule has 1 aromatic carbocycles. The van der Waals surface area contributed by atoms with Gasteiger partial charge in [-0.25, -0.2) is 9.98 Å². The summed E-state index contributed by atoms with van der Waals surface area (Å²) in [5, 5.41) is 6.51. The van der Waals surface area contributed by atoms with Crippen molar-refractivity contribution in [1.82, 2.24) is 25.1 Å². The normalized spacial score (nSPS) is 13.8. The van der Waals surface area contributed by atoms with Crippen molar-refractivity contribution in [2.75, 3.05) is 32.7 Å². The van der Waals surface area contributed by atoms with Gasteiger partial charge in [-0.1, -0.05) is 30.3 Å². The van der Waals surface area contributed by atoms with Gasteiger partial charge in [-0.05, 0) is 25.3 Å². The van der Waals surface area contributed by atoms with Crippen LogP contribution in [-0.2, 0) is 17.8 Å². The van der Waals surface area contributed by atoms with E-state index in [0.717, 1.165) is 51.3 Å². The largest absolute Gasteiger partial charge is 0.357 e. The second-order valence-corrected chi connectivity index (χ2v) is 6.92. The zero-order valence-electron chi connectivity index (χ0n) is 17.0. The summed E-state index contributed by atoms with van der Waals surface area (Å²) in [7, 11) is 0. The predicted octanol–water partition coefficient (Wildman–Crippen LogP) is 2.27. The highest BCUT2D eigenvalue weighted by molar-refractivity contribution is 14.0. The van der Waals surface area contributed by atoms with Crippen LogP contribution in [0.4, 0.5) is 0 Å². The quantitative estimate of drug-likeness (QED) is 0.325. The minimum Gasteiger partial charge on any atom is -0.357 e. The summed E-state index contributed by atoms with van der Waals surface area (Å²) in [6.07, 6.45) is 6.83. The van der Waals surface area contributed by atoms with Crippen molar-refractivity contribution < 1.29 is 4.79 Å². The molecule has 0 saturated carbocycles. The van der Waals surface area contributed by atoms with Crippen LogP contribution in [0.5, 0.6) is 0 Å². The number of imidazole rings is 1. The van der Waals surface area contributed by atoms with Crippen LogP contribution in [0.3, 0.4) is 0 Å². The molecule has 0 bridgehead atoms. The Balaban J connectivity index is 0.00000300. The number of guanidine groups is 1. The van der Waals surface area contributed by atoms with Crippen molar-refractivity contribution in [1.29, 1.82) is 0 Å². The number of hydrogen-bond donors (Lipinski definition) is 2. The van der Waals surface area contributed by atoms with Gasteiger partial charge in [-0.3, -0.25) is 4.79 Å². The first kappa shape index (κ1) is 23.2. The third kappa shape index (κ3) is 7.34. The van der Waals surface area contributed by atoms with Gasteiger partial charge in [0.15, 0.2) is 5.96 Å². The topological polar surface area (TPSA) is 74.6 Å². The van der Waals surface area contributed by atoms with Gasteiger partial charge in [0.1, 0.15) is 12.4 Å². The summed E-state index contributed by atoms with van der Waals surface area (Å²) < 4.78 is 2.16. The molecule has 7 nitrogen and oxygen atoms in total. The Morgan fingerprint density at radius 3 is 2.66 bits per heavy atom. The number of benzene rings is 1. The number of hydrogen-bond acceptors (Lipinski definition) is 3. The molecule has 3 rings (SSSR count). The summed E-state index contributed by atoms with van der Waals surface area (Å²) in [6, 6.07) is 10.4. The van der Waals surface area contributed by atoms with E-state index in [1.807, 2.05) is 30.3 Å². The van der Waals surface area contributed by atoms with Gasteiger partial charge in [0.05, 0.1) is 0 Å². The molecule has 1 amide bonds. The average molecular weight is 510 g/mol. The number of carbonyl (C=O) groups excluding carboxylic acids is 1. The van der Waals surface area contributed by atoms with Crippen LogP contribution in [0, 0.1) is 0 Å². The summed E-state index contributed by atoms with van der Waals surface area (Å²) in [4.78, 5) is 23.0. The van der Waals surface area contributed by atoms with E-state index in [9.17, 15) is 4.79 Å². The molecule has 0 radical (unpaired) electrons. The maximum atomic E-state index is 12.2. The summed E-state index contributed by atoms with van der Waals surface area (Å²) in [5.74, 6) is 1.81. The van der Waals surface area contributed by atoms with Crippen LogP contribution in [0.15, 0.2) is 47.7 Å². The molecule has 1 aromatic heterocycles. The van der Waals surface area contributed by atoms with Crippen molar-refractivity contribution in [2.24, 2.45) is 4.99 Å². The fourth-order valence-corrected chi connectivity index (χ4v) is 3.34. The first-order valence-corrected chi connectivity index (χ1v) is 10.1. The Hall–Kier alpha value is -2.10. The highest BCUT2D eigenvalue weighted by Crippen LogP contribution is 2.07. The first-order valence-electron chi connectivity index (χ1n) is 10.1. The van der Waals surface area contributed by atoms with Crippen LogP contribution in [-0.4, -0.2) is 59.0 Å². The number of nitrogens with zero attached hydrogens (tertiary/aromatic N) is 4. The monoisotopic (exact) mass is 510 g/mol. The lowest BCUT2D eigenvalue weighted by Crippen LogP contribution is -2.39. The van der Waals surface area contributed by atoms with Gasteiger partial charge in [0.25, 0.3) is 0 Å². The Morgan fingerprint density at radius 1 is 1.17 bits per heavy atom. The van der Waals surface area contributed by atoms with E-state index in [4.69, 9.17) is 0 Å².